The summed E-state index contributed by atoms with van der Waals surface area (Å²) < 4.78 is 11.8. The van der Waals surface area contributed by atoms with Crippen molar-refractivity contribution >= 4 is 23.6 Å². The van der Waals surface area contributed by atoms with Gasteiger partial charge in [-0.25, -0.2) is 9.78 Å². The Morgan fingerprint density at radius 1 is 1.09 bits per heavy atom. The summed E-state index contributed by atoms with van der Waals surface area (Å²) in [7, 11) is 0. The molecular weight excluding hydrogens is 614 g/mol. The highest BCUT2D eigenvalue weighted by Gasteiger charge is 2.64. The largest absolute Gasteiger partial charge is 0.489 e. The zero-order chi connectivity index (χ0) is 34.1. The Balaban J connectivity index is 1.07. The maximum absolute atomic E-state index is 13.3. The van der Waals surface area contributed by atoms with E-state index in [9.17, 15) is 9.59 Å². The quantitative estimate of drug-likeness (QED) is 0.371. The molecule has 3 aliphatic rings. The number of hydrogen-bond acceptors (Lipinski definition) is 7. The van der Waals surface area contributed by atoms with E-state index in [1.807, 2.05) is 26.8 Å². The lowest BCUT2D eigenvalue weighted by Gasteiger charge is -2.63. The van der Waals surface area contributed by atoms with Crippen LogP contribution in [0, 0.1) is 45.8 Å². The van der Waals surface area contributed by atoms with Gasteiger partial charge in [0.15, 0.2) is 0 Å². The third-order valence-corrected chi connectivity index (χ3v) is 9.89. The van der Waals surface area contributed by atoms with E-state index in [2.05, 4.69) is 60.8 Å². The summed E-state index contributed by atoms with van der Waals surface area (Å²) in [5.41, 5.74) is 0.367. The molecular formula is C37H46ClN5O4. The normalized spacial score (nSPS) is 22.5. The number of nitrogens with one attached hydrogen (secondary N) is 1. The average Bonchev–Trinajstić information content (AvgIpc) is 2.98. The molecule has 250 valence electrons. The summed E-state index contributed by atoms with van der Waals surface area (Å²) >= 11 is 6.21. The molecule has 0 unspecified atom stereocenters. The molecule has 2 amide bonds. The standard InChI is InChI=1S/C37H46ClN5O4/c1-35(2,3)47-34(45)43-22-25(23-43)21-42-16-14-24(15-17-42)8-11-28-12-9-27(20-40-28)31(44)41-32-36(4,5)33(37(32,6)7)46-29-13-10-26(19-39)30(38)18-29/h9-10,12-13,18,20,24-25,32-33H,14-17,21-23H2,1-7H3,(H,41,44)/t32-,33-. The Morgan fingerprint density at radius 2 is 1.77 bits per heavy atom. The van der Waals surface area contributed by atoms with Crippen LogP contribution in [0.25, 0.3) is 0 Å². The van der Waals surface area contributed by atoms with Crippen LogP contribution in [0.5, 0.6) is 5.75 Å². The minimum Gasteiger partial charge on any atom is -0.489 e. The van der Waals surface area contributed by atoms with Gasteiger partial charge in [0.2, 0.25) is 0 Å². The van der Waals surface area contributed by atoms with Crippen LogP contribution >= 0.6 is 11.6 Å². The Hall–Kier alpha value is -3.79. The number of nitrogens with zero attached hydrogens (tertiary/aromatic N) is 4. The van der Waals surface area contributed by atoms with Gasteiger partial charge in [-0.3, -0.25) is 4.79 Å². The van der Waals surface area contributed by atoms with Crippen LogP contribution in [0.2, 0.25) is 5.02 Å². The van der Waals surface area contributed by atoms with Gasteiger partial charge in [-0.2, -0.15) is 5.26 Å². The zero-order valence-electron chi connectivity index (χ0n) is 28.5. The molecule has 2 saturated heterocycles. The molecule has 0 atom stereocenters. The van der Waals surface area contributed by atoms with Crippen molar-refractivity contribution in [3.05, 3.63) is 58.4 Å². The molecule has 0 bridgehead atoms. The maximum atomic E-state index is 13.3. The summed E-state index contributed by atoms with van der Waals surface area (Å²) in [5, 5.41) is 12.7. The minimum atomic E-state index is -0.463. The Labute approximate surface area is 283 Å². The van der Waals surface area contributed by atoms with Crippen molar-refractivity contribution in [2.75, 3.05) is 32.7 Å². The van der Waals surface area contributed by atoms with Gasteiger partial charge in [0, 0.05) is 60.6 Å². The molecule has 3 fully saturated rings. The fraction of sp³-hybridized carbons (Fsp3) is 0.568. The first-order chi connectivity index (χ1) is 22.1. The number of ether oxygens (including phenoxy) is 2. The second kappa shape index (κ2) is 13.4. The number of carbonyl (C=O) groups is 2. The first kappa shape index (κ1) is 34.5. The number of benzene rings is 1. The predicted octanol–water partition coefficient (Wildman–Crippen LogP) is 6.15. The van der Waals surface area contributed by atoms with E-state index in [1.54, 1.807) is 35.4 Å². The number of carbonyl (C=O) groups excluding carboxylic acids is 2. The number of halogens is 1. The number of piperidine rings is 1. The van der Waals surface area contributed by atoms with Crippen molar-refractivity contribution in [3.63, 3.8) is 0 Å². The number of aromatic nitrogens is 1. The fourth-order valence-corrected chi connectivity index (χ4v) is 7.59. The van der Waals surface area contributed by atoms with Gasteiger partial charge in [0.25, 0.3) is 5.91 Å². The number of likely N-dealkylation sites (tertiary alicyclic amines) is 2. The van der Waals surface area contributed by atoms with Crippen LogP contribution in [-0.2, 0) is 4.74 Å². The molecule has 1 saturated carbocycles. The Morgan fingerprint density at radius 3 is 2.34 bits per heavy atom. The van der Waals surface area contributed by atoms with E-state index in [0.717, 1.165) is 45.6 Å². The number of rotatable bonds is 6. The van der Waals surface area contributed by atoms with E-state index < -0.39 is 5.60 Å². The van der Waals surface area contributed by atoms with Crippen molar-refractivity contribution in [2.45, 2.75) is 79.1 Å². The van der Waals surface area contributed by atoms with Crippen LogP contribution in [0.1, 0.15) is 82.9 Å². The fourth-order valence-electron chi connectivity index (χ4n) is 7.37. The lowest BCUT2D eigenvalue weighted by molar-refractivity contribution is -0.164. The van der Waals surface area contributed by atoms with Crippen molar-refractivity contribution in [1.82, 2.24) is 20.1 Å². The Kier molecular flexibility index (Phi) is 9.83. The van der Waals surface area contributed by atoms with Gasteiger partial charge < -0.3 is 24.6 Å². The van der Waals surface area contributed by atoms with Crippen LogP contribution in [0.3, 0.4) is 0 Å². The van der Waals surface area contributed by atoms with Gasteiger partial charge in [-0.05, 0) is 76.9 Å². The molecule has 1 N–H and O–H groups in total. The van der Waals surface area contributed by atoms with E-state index in [0.29, 0.717) is 39.4 Å². The first-order valence-corrected chi connectivity index (χ1v) is 16.8. The summed E-state index contributed by atoms with van der Waals surface area (Å²) in [5.74, 6) is 7.82. The van der Waals surface area contributed by atoms with Crippen molar-refractivity contribution < 1.29 is 19.1 Å². The third-order valence-electron chi connectivity index (χ3n) is 9.57. The van der Waals surface area contributed by atoms with Crippen LogP contribution in [0.4, 0.5) is 4.79 Å². The van der Waals surface area contributed by atoms with Gasteiger partial charge in [0.1, 0.15) is 29.2 Å². The molecule has 10 heteroatoms. The van der Waals surface area contributed by atoms with Gasteiger partial charge >= 0.3 is 6.09 Å². The number of amides is 2. The monoisotopic (exact) mass is 659 g/mol. The summed E-state index contributed by atoms with van der Waals surface area (Å²) in [6, 6.07) is 10.6. The number of pyridine rings is 1. The molecule has 2 aliphatic heterocycles. The van der Waals surface area contributed by atoms with Gasteiger partial charge in [-0.15, -0.1) is 0 Å². The third kappa shape index (κ3) is 7.86. The predicted molar refractivity (Wildman–Crippen MR) is 181 cm³/mol. The van der Waals surface area contributed by atoms with E-state index in [1.165, 1.54) is 0 Å². The lowest BCUT2D eigenvalue weighted by Crippen LogP contribution is -2.74. The molecule has 1 aromatic heterocycles. The topological polar surface area (TPSA) is 108 Å². The molecule has 3 heterocycles. The minimum absolute atomic E-state index is 0.139. The van der Waals surface area contributed by atoms with Crippen LogP contribution in [0.15, 0.2) is 36.5 Å². The smallest absolute Gasteiger partial charge is 0.410 e. The summed E-state index contributed by atoms with van der Waals surface area (Å²) in [6.07, 6.45) is 3.20. The lowest BCUT2D eigenvalue weighted by atomic mass is 9.49. The highest BCUT2D eigenvalue weighted by molar-refractivity contribution is 6.31. The second-order valence-electron chi connectivity index (χ2n) is 15.3. The van der Waals surface area contributed by atoms with Crippen molar-refractivity contribution in [2.24, 2.45) is 22.7 Å². The molecule has 47 heavy (non-hydrogen) atoms. The SMILES string of the molecule is CC(C)(C)OC(=O)N1CC(CN2CCC(C#Cc3ccc(C(=O)N[C@H]4C(C)(C)[C@H](Oc5ccc(C#N)c(Cl)c5)C4(C)C)cn3)CC2)C1. The average molecular weight is 660 g/mol. The summed E-state index contributed by atoms with van der Waals surface area (Å²) in [6.45, 7) is 18.5. The molecule has 1 aliphatic carbocycles. The van der Waals surface area contributed by atoms with Crippen molar-refractivity contribution in [3.8, 4) is 23.7 Å². The number of nitriles is 1. The first-order valence-electron chi connectivity index (χ1n) is 16.4. The van der Waals surface area contributed by atoms with Crippen molar-refractivity contribution in [1.29, 1.82) is 5.26 Å². The van der Waals surface area contributed by atoms with Gasteiger partial charge in [0.05, 0.1) is 16.1 Å². The summed E-state index contributed by atoms with van der Waals surface area (Å²) in [4.78, 5) is 34.2. The van der Waals surface area contributed by atoms with Crippen LogP contribution in [-0.4, -0.2) is 77.3 Å². The number of hydrogen-bond donors (Lipinski definition) is 1. The van der Waals surface area contributed by atoms with E-state index >= 15 is 0 Å². The molecule has 0 radical (unpaired) electrons. The highest BCUT2D eigenvalue weighted by atomic mass is 35.5. The molecule has 1 aromatic carbocycles. The second-order valence-corrected chi connectivity index (χ2v) is 15.7. The van der Waals surface area contributed by atoms with Crippen LogP contribution < -0.4 is 10.1 Å². The highest BCUT2D eigenvalue weighted by Crippen LogP contribution is 2.55. The Bertz CT molecular complexity index is 1570. The molecule has 0 spiro atoms. The van der Waals surface area contributed by atoms with Gasteiger partial charge in [-0.1, -0.05) is 45.2 Å². The van der Waals surface area contributed by atoms with E-state index in [4.69, 9.17) is 26.3 Å². The van der Waals surface area contributed by atoms with E-state index in [-0.39, 0.29) is 35.0 Å². The zero-order valence-corrected chi connectivity index (χ0v) is 29.3. The molecule has 2 aromatic rings. The molecule has 9 nitrogen and oxygen atoms in total. The maximum Gasteiger partial charge on any atom is 0.410 e. The molecule has 5 rings (SSSR count).